The van der Waals surface area contributed by atoms with Crippen molar-refractivity contribution in [2.75, 3.05) is 12.3 Å². The second-order valence-corrected chi connectivity index (χ2v) is 5.91. The van der Waals surface area contributed by atoms with E-state index in [1.807, 2.05) is 0 Å². The summed E-state index contributed by atoms with van der Waals surface area (Å²) >= 11 is 2.09. The second-order valence-electron chi connectivity index (χ2n) is 4.50. The van der Waals surface area contributed by atoms with E-state index in [2.05, 4.69) is 17.1 Å². The number of nitrogens with one attached hydrogen (secondary N) is 1. The zero-order valence-electron chi connectivity index (χ0n) is 8.74. The molecule has 0 aromatic rings. The number of hydrogen-bond acceptors (Lipinski definition) is 3. The molecule has 0 spiro atoms. The summed E-state index contributed by atoms with van der Waals surface area (Å²) in [4.78, 5) is 0. The number of rotatable bonds is 3. The average molecular weight is 215 g/mol. The maximum Gasteiger partial charge on any atom is 0.0693 e. The number of aliphatic hydroxyl groups excluding tert-OH is 1. The fraction of sp³-hybridized carbons (Fsp3) is 1.00. The summed E-state index contributed by atoms with van der Waals surface area (Å²) in [6.07, 6.45) is 7.30. The Bertz CT molecular complexity index is 171. The molecule has 2 rings (SSSR count). The van der Waals surface area contributed by atoms with Crippen molar-refractivity contribution in [3.63, 3.8) is 0 Å². The summed E-state index contributed by atoms with van der Waals surface area (Å²) in [6, 6.07) is 0.380. The van der Waals surface area contributed by atoms with E-state index in [9.17, 15) is 5.11 Å². The fourth-order valence-electron chi connectivity index (χ4n) is 2.44. The number of aliphatic hydroxyl groups is 1. The van der Waals surface area contributed by atoms with Crippen LogP contribution in [0.25, 0.3) is 0 Å². The molecule has 3 atom stereocenters. The Kier molecular flexibility index (Phi) is 4.14. The van der Waals surface area contributed by atoms with Gasteiger partial charge in [0.25, 0.3) is 0 Å². The van der Waals surface area contributed by atoms with Crippen LogP contribution in [0, 0.1) is 0 Å². The zero-order chi connectivity index (χ0) is 9.80. The van der Waals surface area contributed by atoms with Crippen LogP contribution in [0.3, 0.4) is 0 Å². The van der Waals surface area contributed by atoms with Crippen LogP contribution in [0.2, 0.25) is 0 Å². The van der Waals surface area contributed by atoms with Crippen molar-refractivity contribution in [1.29, 1.82) is 0 Å². The first-order valence-electron chi connectivity index (χ1n) is 5.89. The number of hydrogen-bond donors (Lipinski definition) is 2. The summed E-state index contributed by atoms with van der Waals surface area (Å²) in [5.41, 5.74) is 0. The minimum Gasteiger partial charge on any atom is -0.392 e. The first kappa shape index (κ1) is 10.8. The third-order valence-electron chi connectivity index (χ3n) is 3.36. The minimum absolute atomic E-state index is 0.0878. The van der Waals surface area contributed by atoms with Gasteiger partial charge in [-0.25, -0.2) is 0 Å². The van der Waals surface area contributed by atoms with E-state index in [4.69, 9.17) is 0 Å². The number of thioether (sulfide) groups is 1. The van der Waals surface area contributed by atoms with Crippen LogP contribution in [0.1, 0.15) is 38.5 Å². The molecule has 3 heteroatoms. The molecule has 82 valence electrons. The molecule has 0 bridgehead atoms. The van der Waals surface area contributed by atoms with Crippen LogP contribution in [0.4, 0.5) is 0 Å². The Balaban J connectivity index is 1.67. The molecule has 1 saturated carbocycles. The molecule has 2 aliphatic rings. The summed E-state index contributed by atoms with van der Waals surface area (Å²) in [6.45, 7) is 1.10. The molecule has 0 aromatic heterocycles. The third-order valence-corrected chi connectivity index (χ3v) is 4.76. The van der Waals surface area contributed by atoms with Crippen LogP contribution in [0.5, 0.6) is 0 Å². The van der Waals surface area contributed by atoms with Gasteiger partial charge < -0.3 is 10.4 Å². The zero-order valence-corrected chi connectivity index (χ0v) is 9.56. The molecule has 2 N–H and O–H groups in total. The first-order valence-corrected chi connectivity index (χ1v) is 6.94. The van der Waals surface area contributed by atoms with Crippen LogP contribution >= 0.6 is 11.8 Å². The SMILES string of the molecule is O[C@H]1CCCC[C@@H]1NCC1CCCS1. The normalized spacial score (nSPS) is 38.8. The van der Waals surface area contributed by atoms with Crippen LogP contribution in [0.15, 0.2) is 0 Å². The van der Waals surface area contributed by atoms with Crippen molar-refractivity contribution in [3.05, 3.63) is 0 Å². The predicted octanol–water partition coefficient (Wildman–Crippen LogP) is 1.78. The molecule has 1 unspecified atom stereocenters. The summed E-state index contributed by atoms with van der Waals surface area (Å²) in [7, 11) is 0. The average Bonchev–Trinajstić information content (AvgIpc) is 2.69. The van der Waals surface area contributed by atoms with Gasteiger partial charge in [0.2, 0.25) is 0 Å². The van der Waals surface area contributed by atoms with E-state index < -0.39 is 0 Å². The third kappa shape index (κ3) is 2.88. The minimum atomic E-state index is -0.0878. The van der Waals surface area contributed by atoms with Gasteiger partial charge in [0.15, 0.2) is 0 Å². The Morgan fingerprint density at radius 2 is 2.00 bits per heavy atom. The molecule has 1 saturated heterocycles. The summed E-state index contributed by atoms with van der Waals surface area (Å²) in [5.74, 6) is 1.33. The lowest BCUT2D eigenvalue weighted by molar-refractivity contribution is 0.0913. The molecule has 0 radical (unpaired) electrons. The monoisotopic (exact) mass is 215 g/mol. The quantitative estimate of drug-likeness (QED) is 0.752. The van der Waals surface area contributed by atoms with Crippen LogP contribution in [-0.2, 0) is 0 Å². The van der Waals surface area contributed by atoms with Crippen LogP contribution < -0.4 is 5.32 Å². The smallest absolute Gasteiger partial charge is 0.0693 e. The predicted molar refractivity (Wildman–Crippen MR) is 61.7 cm³/mol. The van der Waals surface area contributed by atoms with Crippen molar-refractivity contribution in [2.45, 2.75) is 55.9 Å². The lowest BCUT2D eigenvalue weighted by Gasteiger charge is -2.29. The molecular formula is C11H21NOS. The Morgan fingerprint density at radius 1 is 1.14 bits per heavy atom. The Morgan fingerprint density at radius 3 is 2.71 bits per heavy atom. The van der Waals surface area contributed by atoms with Crippen molar-refractivity contribution < 1.29 is 5.11 Å². The highest BCUT2D eigenvalue weighted by Crippen LogP contribution is 2.26. The summed E-state index contributed by atoms with van der Waals surface area (Å²) < 4.78 is 0. The van der Waals surface area contributed by atoms with Gasteiger partial charge in [0, 0.05) is 17.8 Å². The lowest BCUT2D eigenvalue weighted by atomic mass is 9.92. The van der Waals surface area contributed by atoms with Crippen molar-refractivity contribution >= 4 is 11.8 Å². The van der Waals surface area contributed by atoms with E-state index in [0.29, 0.717) is 6.04 Å². The van der Waals surface area contributed by atoms with Gasteiger partial charge in [-0.05, 0) is 31.4 Å². The highest BCUT2D eigenvalue weighted by atomic mass is 32.2. The molecule has 0 amide bonds. The molecule has 0 aromatic carbocycles. The largest absolute Gasteiger partial charge is 0.392 e. The van der Waals surface area contributed by atoms with Gasteiger partial charge in [-0.2, -0.15) is 11.8 Å². The Hall–Kier alpha value is 0.270. The van der Waals surface area contributed by atoms with Gasteiger partial charge >= 0.3 is 0 Å². The molecule has 2 nitrogen and oxygen atoms in total. The first-order chi connectivity index (χ1) is 6.86. The van der Waals surface area contributed by atoms with Gasteiger partial charge in [-0.1, -0.05) is 12.8 Å². The lowest BCUT2D eigenvalue weighted by Crippen LogP contribution is -2.44. The van der Waals surface area contributed by atoms with Gasteiger partial charge in [-0.3, -0.25) is 0 Å². The topological polar surface area (TPSA) is 32.3 Å². The molecule has 2 fully saturated rings. The van der Waals surface area contributed by atoms with E-state index in [-0.39, 0.29) is 6.10 Å². The van der Waals surface area contributed by atoms with E-state index in [1.165, 1.54) is 37.9 Å². The van der Waals surface area contributed by atoms with Crippen molar-refractivity contribution in [3.8, 4) is 0 Å². The standard InChI is InChI=1S/C11H21NOS/c13-11-6-2-1-5-10(11)12-8-9-4-3-7-14-9/h9-13H,1-8H2/t9?,10-,11-/m0/s1. The van der Waals surface area contributed by atoms with Crippen molar-refractivity contribution in [2.24, 2.45) is 0 Å². The summed E-state index contributed by atoms with van der Waals surface area (Å²) in [5, 5.41) is 14.1. The van der Waals surface area contributed by atoms with E-state index in [1.54, 1.807) is 0 Å². The maximum absolute atomic E-state index is 9.77. The molecule has 1 aliphatic carbocycles. The molecule has 1 heterocycles. The highest BCUT2D eigenvalue weighted by molar-refractivity contribution is 8.00. The van der Waals surface area contributed by atoms with Crippen LogP contribution in [-0.4, -0.2) is 34.8 Å². The molecule has 1 aliphatic heterocycles. The molecule has 14 heavy (non-hydrogen) atoms. The Labute approximate surface area is 90.8 Å². The van der Waals surface area contributed by atoms with Gasteiger partial charge in [0.05, 0.1) is 6.10 Å². The maximum atomic E-state index is 9.77. The van der Waals surface area contributed by atoms with E-state index in [0.717, 1.165) is 18.2 Å². The fourth-order valence-corrected chi connectivity index (χ4v) is 3.65. The second kappa shape index (κ2) is 5.38. The van der Waals surface area contributed by atoms with Gasteiger partial charge in [0.1, 0.15) is 0 Å². The van der Waals surface area contributed by atoms with E-state index >= 15 is 0 Å². The van der Waals surface area contributed by atoms with Gasteiger partial charge in [-0.15, -0.1) is 0 Å². The molecular weight excluding hydrogens is 194 g/mol. The highest BCUT2D eigenvalue weighted by Gasteiger charge is 2.24. The van der Waals surface area contributed by atoms with Crippen molar-refractivity contribution in [1.82, 2.24) is 5.32 Å².